The number of fused-ring (bicyclic) bond motifs is 1. The minimum atomic E-state index is -0.199. The summed E-state index contributed by atoms with van der Waals surface area (Å²) in [7, 11) is 4.03. The van der Waals surface area contributed by atoms with Crippen LogP contribution in [0.2, 0.25) is 0 Å². The fraction of sp³-hybridized carbons (Fsp3) is 0.389. The van der Waals surface area contributed by atoms with Crippen LogP contribution in [-0.4, -0.2) is 34.6 Å². The molecule has 2 aliphatic rings. The summed E-state index contributed by atoms with van der Waals surface area (Å²) >= 11 is 0. The van der Waals surface area contributed by atoms with Crippen LogP contribution in [0, 0.1) is 5.92 Å². The Morgan fingerprint density at radius 1 is 1.21 bits per heavy atom. The maximum absolute atomic E-state index is 12.8. The van der Waals surface area contributed by atoms with Crippen LogP contribution < -0.4 is 10.2 Å². The molecule has 0 fully saturated rings. The van der Waals surface area contributed by atoms with Crippen molar-refractivity contribution in [3.63, 3.8) is 0 Å². The number of hydrogen-bond acceptors (Lipinski definition) is 5. The first-order chi connectivity index (χ1) is 11.5. The third-order valence-electron chi connectivity index (χ3n) is 4.79. The number of aromatic nitrogens is 3. The second-order valence-electron chi connectivity index (χ2n) is 6.87. The first kappa shape index (κ1) is 14.9. The van der Waals surface area contributed by atoms with Gasteiger partial charge < -0.3 is 10.2 Å². The Hall–Kier alpha value is -2.63. The Kier molecular flexibility index (Phi) is 3.40. The predicted octanol–water partition coefficient (Wildman–Crippen LogP) is 2.61. The zero-order valence-corrected chi connectivity index (χ0v) is 14.2. The molecule has 2 aromatic rings. The van der Waals surface area contributed by atoms with E-state index in [2.05, 4.69) is 51.5 Å². The summed E-state index contributed by atoms with van der Waals surface area (Å²) in [5.41, 5.74) is 4.03. The second-order valence-corrected chi connectivity index (χ2v) is 6.87. The summed E-state index contributed by atoms with van der Waals surface area (Å²) in [5.74, 6) is 1.27. The number of benzene rings is 1. The maximum Gasteiger partial charge on any atom is 0.226 e. The fourth-order valence-electron chi connectivity index (χ4n) is 3.61. The molecule has 0 bridgehead atoms. The van der Waals surface area contributed by atoms with E-state index in [0.717, 1.165) is 28.9 Å². The predicted molar refractivity (Wildman–Crippen MR) is 93.0 cm³/mol. The van der Waals surface area contributed by atoms with Gasteiger partial charge in [0.25, 0.3) is 0 Å². The molecule has 6 nitrogen and oxygen atoms in total. The fourth-order valence-corrected chi connectivity index (χ4v) is 3.61. The minimum Gasteiger partial charge on any atom is -0.378 e. The van der Waals surface area contributed by atoms with Gasteiger partial charge in [0, 0.05) is 37.5 Å². The van der Waals surface area contributed by atoms with Crippen LogP contribution in [0.25, 0.3) is 0 Å². The van der Waals surface area contributed by atoms with E-state index in [4.69, 9.17) is 0 Å². The van der Waals surface area contributed by atoms with Crippen LogP contribution in [0.5, 0.6) is 0 Å². The quantitative estimate of drug-likeness (QED) is 0.920. The summed E-state index contributed by atoms with van der Waals surface area (Å²) in [5, 5.41) is 7.67. The highest BCUT2D eigenvalue weighted by Gasteiger charge is 2.37. The van der Waals surface area contributed by atoms with Crippen LogP contribution in [0.4, 0.5) is 11.6 Å². The van der Waals surface area contributed by atoms with Crippen LogP contribution in [0.15, 0.2) is 41.9 Å². The molecule has 24 heavy (non-hydrogen) atoms. The van der Waals surface area contributed by atoms with Crippen molar-refractivity contribution in [2.45, 2.75) is 25.8 Å². The summed E-state index contributed by atoms with van der Waals surface area (Å²) in [6.07, 6.45) is 3.01. The number of nitrogens with one attached hydrogen (secondary N) is 1. The minimum absolute atomic E-state index is 0.199. The highest BCUT2D eigenvalue weighted by atomic mass is 16.1. The maximum atomic E-state index is 12.8. The third-order valence-corrected chi connectivity index (χ3v) is 4.79. The van der Waals surface area contributed by atoms with Crippen molar-refractivity contribution in [1.82, 2.24) is 14.8 Å². The number of carbonyl (C=O) groups excluding carboxylic acids is 1. The van der Waals surface area contributed by atoms with Crippen molar-refractivity contribution in [2.75, 3.05) is 24.3 Å². The molecular formula is C18H21N5O. The summed E-state index contributed by atoms with van der Waals surface area (Å²) in [6.45, 7) is 2.11. The van der Waals surface area contributed by atoms with Gasteiger partial charge in [-0.1, -0.05) is 19.1 Å². The number of anilines is 2. The molecule has 2 heterocycles. The van der Waals surface area contributed by atoms with Crippen LogP contribution >= 0.6 is 0 Å². The van der Waals surface area contributed by atoms with E-state index in [0.29, 0.717) is 18.3 Å². The van der Waals surface area contributed by atoms with E-state index >= 15 is 0 Å². The molecule has 1 aliphatic heterocycles. The molecule has 0 saturated carbocycles. The van der Waals surface area contributed by atoms with Crippen molar-refractivity contribution in [1.29, 1.82) is 0 Å². The molecule has 124 valence electrons. The van der Waals surface area contributed by atoms with E-state index < -0.39 is 0 Å². The molecule has 0 saturated heterocycles. The lowest BCUT2D eigenvalue weighted by molar-refractivity contribution is -0.117. The molecule has 1 aliphatic carbocycles. The van der Waals surface area contributed by atoms with E-state index in [9.17, 15) is 4.79 Å². The Morgan fingerprint density at radius 3 is 2.67 bits per heavy atom. The van der Waals surface area contributed by atoms with Gasteiger partial charge in [-0.25, -0.2) is 4.68 Å². The molecular weight excluding hydrogens is 302 g/mol. The first-order valence-electron chi connectivity index (χ1n) is 8.24. The summed E-state index contributed by atoms with van der Waals surface area (Å²) < 4.78 is 1.82. The molecule has 1 aromatic carbocycles. The zero-order valence-electron chi connectivity index (χ0n) is 14.2. The molecule has 0 amide bonds. The van der Waals surface area contributed by atoms with Crippen LogP contribution in [-0.2, 0) is 4.79 Å². The molecule has 0 radical (unpaired) electrons. The zero-order chi connectivity index (χ0) is 16.8. The van der Waals surface area contributed by atoms with E-state index in [1.54, 1.807) is 0 Å². The lowest BCUT2D eigenvalue weighted by Gasteiger charge is -2.34. The lowest BCUT2D eigenvalue weighted by Crippen LogP contribution is -2.33. The number of nitrogens with zero attached hydrogens (tertiary/aromatic N) is 4. The van der Waals surface area contributed by atoms with Gasteiger partial charge in [-0.05, 0) is 30.0 Å². The number of carbonyl (C=O) groups is 1. The summed E-state index contributed by atoms with van der Waals surface area (Å²) in [6, 6.07) is 8.10. The van der Waals surface area contributed by atoms with Gasteiger partial charge in [-0.2, -0.15) is 10.1 Å². The van der Waals surface area contributed by atoms with Crippen LogP contribution in [0.3, 0.4) is 0 Å². The van der Waals surface area contributed by atoms with Crippen molar-refractivity contribution < 1.29 is 4.79 Å². The molecule has 0 spiro atoms. The van der Waals surface area contributed by atoms with Crippen molar-refractivity contribution >= 4 is 17.4 Å². The normalized spacial score (nSPS) is 22.7. The van der Waals surface area contributed by atoms with Gasteiger partial charge in [-0.15, -0.1) is 0 Å². The highest BCUT2D eigenvalue weighted by Crippen LogP contribution is 2.41. The number of hydrogen-bond donors (Lipinski definition) is 1. The Labute approximate surface area is 141 Å². The lowest BCUT2D eigenvalue weighted by atomic mass is 9.81. The Balaban J connectivity index is 1.83. The third kappa shape index (κ3) is 2.29. The SMILES string of the molecule is C[C@H]1CC(=O)C2=C(C1)Nc1ncnn1[C@H]2c1ccc(N(C)C)cc1. The molecule has 4 rings (SSSR count). The molecule has 0 unspecified atom stereocenters. The average Bonchev–Trinajstić information content (AvgIpc) is 3.00. The van der Waals surface area contributed by atoms with Crippen LogP contribution in [0.1, 0.15) is 31.4 Å². The van der Waals surface area contributed by atoms with E-state index in [1.165, 1.54) is 6.33 Å². The highest BCUT2D eigenvalue weighted by molar-refractivity contribution is 5.99. The first-order valence-corrected chi connectivity index (χ1v) is 8.24. The second kappa shape index (κ2) is 5.47. The van der Waals surface area contributed by atoms with Crippen molar-refractivity contribution in [2.24, 2.45) is 5.92 Å². The van der Waals surface area contributed by atoms with Gasteiger partial charge in [-0.3, -0.25) is 4.79 Å². The van der Waals surface area contributed by atoms with Crippen molar-refractivity contribution in [3.8, 4) is 0 Å². The standard InChI is InChI=1S/C18H21N5O/c1-11-8-14-16(15(24)9-11)17(23-18(21-14)19-10-20-23)12-4-6-13(7-5-12)22(2)3/h4-7,10-11,17H,8-9H2,1-3H3,(H,19,20,21)/t11-,17+/m1/s1. The smallest absolute Gasteiger partial charge is 0.226 e. The number of ketones is 1. The van der Waals surface area contributed by atoms with Gasteiger partial charge in [0.15, 0.2) is 5.78 Å². The van der Waals surface area contributed by atoms with E-state index in [-0.39, 0.29) is 11.8 Å². The van der Waals surface area contributed by atoms with Gasteiger partial charge in [0.1, 0.15) is 12.4 Å². The van der Waals surface area contributed by atoms with Gasteiger partial charge >= 0.3 is 0 Å². The van der Waals surface area contributed by atoms with E-state index in [1.807, 2.05) is 18.8 Å². The number of allylic oxidation sites excluding steroid dienone is 2. The Bertz CT molecular complexity index is 818. The molecule has 6 heteroatoms. The largest absolute Gasteiger partial charge is 0.378 e. The van der Waals surface area contributed by atoms with Crippen molar-refractivity contribution in [3.05, 3.63) is 47.4 Å². The molecule has 1 aromatic heterocycles. The average molecular weight is 323 g/mol. The number of rotatable bonds is 2. The molecule has 1 N–H and O–H groups in total. The number of Topliss-reactive ketones (excluding diaryl/α,β-unsaturated/α-hetero) is 1. The summed E-state index contributed by atoms with van der Waals surface area (Å²) in [4.78, 5) is 19.1. The van der Waals surface area contributed by atoms with Gasteiger partial charge in [0.05, 0.1) is 0 Å². The monoisotopic (exact) mass is 323 g/mol. The topological polar surface area (TPSA) is 63.1 Å². The van der Waals surface area contributed by atoms with Gasteiger partial charge in [0.2, 0.25) is 5.95 Å². The molecule has 2 atom stereocenters. The Morgan fingerprint density at radius 2 is 1.96 bits per heavy atom.